The molecule has 1 nitrogen and oxygen atoms in total. The van der Waals surface area contributed by atoms with Crippen molar-refractivity contribution >= 4 is 21.6 Å². The van der Waals surface area contributed by atoms with Gasteiger partial charge in [0.05, 0.1) is 4.47 Å². The first-order valence-corrected chi connectivity index (χ1v) is 6.60. The highest BCUT2D eigenvalue weighted by Crippen LogP contribution is 2.20. The molecule has 0 aromatic heterocycles. The Morgan fingerprint density at radius 2 is 1.72 bits per heavy atom. The Bertz CT molecular complexity index is 546. The van der Waals surface area contributed by atoms with Crippen molar-refractivity contribution in [3.8, 4) is 0 Å². The van der Waals surface area contributed by atoms with E-state index in [2.05, 4.69) is 53.3 Å². The summed E-state index contributed by atoms with van der Waals surface area (Å²) in [6, 6.07) is 11.5. The third-order valence-electron chi connectivity index (χ3n) is 2.70. The maximum Gasteiger partial charge on any atom is 0.139 e. The maximum atomic E-state index is 13.3. The summed E-state index contributed by atoms with van der Waals surface area (Å²) in [5, 5.41) is 3.22. The Balaban J connectivity index is 2.08. The molecule has 0 bridgehead atoms. The first kappa shape index (κ1) is 13.1. The molecule has 0 heterocycles. The molecule has 0 aliphatic heterocycles. The van der Waals surface area contributed by atoms with Crippen LogP contribution in [0.25, 0.3) is 0 Å². The molecule has 18 heavy (non-hydrogen) atoms. The van der Waals surface area contributed by atoms with E-state index in [1.807, 2.05) is 6.07 Å². The first-order chi connectivity index (χ1) is 8.54. The number of rotatable bonds is 3. The van der Waals surface area contributed by atoms with Crippen LogP contribution in [0, 0.1) is 19.7 Å². The summed E-state index contributed by atoms with van der Waals surface area (Å²) in [6.07, 6.45) is 0. The Kier molecular flexibility index (Phi) is 4.02. The fourth-order valence-corrected chi connectivity index (χ4v) is 2.23. The molecule has 0 fully saturated rings. The van der Waals surface area contributed by atoms with Gasteiger partial charge in [0.15, 0.2) is 0 Å². The van der Waals surface area contributed by atoms with Gasteiger partial charge in [-0.2, -0.15) is 0 Å². The Morgan fingerprint density at radius 1 is 1.06 bits per heavy atom. The predicted molar refractivity (Wildman–Crippen MR) is 77.3 cm³/mol. The van der Waals surface area contributed by atoms with Crippen LogP contribution in [0.3, 0.4) is 0 Å². The average Bonchev–Trinajstić information content (AvgIpc) is 2.29. The SMILES string of the molecule is Cc1cc(C)cc(CNc2ccc(Br)c(F)c2)c1. The van der Waals surface area contributed by atoms with Crippen molar-refractivity contribution in [1.29, 1.82) is 0 Å². The minimum atomic E-state index is -0.250. The van der Waals surface area contributed by atoms with Crippen LogP contribution in [0.1, 0.15) is 16.7 Å². The van der Waals surface area contributed by atoms with E-state index >= 15 is 0 Å². The maximum absolute atomic E-state index is 13.3. The second-order valence-corrected chi connectivity index (χ2v) is 5.33. The van der Waals surface area contributed by atoms with Gasteiger partial charge < -0.3 is 5.32 Å². The summed E-state index contributed by atoms with van der Waals surface area (Å²) in [5.41, 5.74) is 4.48. The third kappa shape index (κ3) is 3.33. The molecular weight excluding hydrogens is 293 g/mol. The van der Waals surface area contributed by atoms with E-state index in [4.69, 9.17) is 0 Å². The van der Waals surface area contributed by atoms with Crippen LogP contribution in [-0.4, -0.2) is 0 Å². The Labute approximate surface area is 115 Å². The van der Waals surface area contributed by atoms with Crippen LogP contribution in [0.15, 0.2) is 40.9 Å². The molecule has 0 unspecified atom stereocenters. The van der Waals surface area contributed by atoms with E-state index < -0.39 is 0 Å². The molecule has 0 atom stereocenters. The minimum absolute atomic E-state index is 0.250. The summed E-state index contributed by atoms with van der Waals surface area (Å²) in [4.78, 5) is 0. The van der Waals surface area contributed by atoms with E-state index in [1.54, 1.807) is 6.07 Å². The van der Waals surface area contributed by atoms with E-state index in [0.29, 0.717) is 11.0 Å². The zero-order chi connectivity index (χ0) is 13.1. The number of benzene rings is 2. The van der Waals surface area contributed by atoms with E-state index in [-0.39, 0.29) is 5.82 Å². The van der Waals surface area contributed by atoms with Gasteiger partial charge in [-0.15, -0.1) is 0 Å². The molecule has 0 saturated carbocycles. The average molecular weight is 308 g/mol. The monoisotopic (exact) mass is 307 g/mol. The van der Waals surface area contributed by atoms with Crippen LogP contribution in [0.4, 0.5) is 10.1 Å². The van der Waals surface area contributed by atoms with Gasteiger partial charge in [0.2, 0.25) is 0 Å². The summed E-state index contributed by atoms with van der Waals surface area (Å²) < 4.78 is 13.8. The molecule has 0 saturated heterocycles. The Hall–Kier alpha value is -1.35. The van der Waals surface area contributed by atoms with Gasteiger partial charge in [-0.1, -0.05) is 29.3 Å². The highest BCUT2D eigenvalue weighted by atomic mass is 79.9. The molecular formula is C15H15BrFN. The van der Waals surface area contributed by atoms with Gasteiger partial charge in [-0.25, -0.2) is 4.39 Å². The number of hydrogen-bond donors (Lipinski definition) is 1. The number of anilines is 1. The van der Waals surface area contributed by atoms with Crippen LogP contribution in [-0.2, 0) is 6.54 Å². The minimum Gasteiger partial charge on any atom is -0.381 e. The number of nitrogens with one attached hydrogen (secondary N) is 1. The van der Waals surface area contributed by atoms with Crippen molar-refractivity contribution in [2.24, 2.45) is 0 Å². The summed E-state index contributed by atoms with van der Waals surface area (Å²) in [5.74, 6) is -0.250. The van der Waals surface area contributed by atoms with Gasteiger partial charge in [-0.3, -0.25) is 0 Å². The van der Waals surface area contributed by atoms with Crippen LogP contribution in [0.2, 0.25) is 0 Å². The van der Waals surface area contributed by atoms with Gasteiger partial charge in [0.25, 0.3) is 0 Å². The normalized spacial score (nSPS) is 10.4. The molecule has 2 aromatic carbocycles. The van der Waals surface area contributed by atoms with Crippen LogP contribution in [0.5, 0.6) is 0 Å². The molecule has 0 spiro atoms. The van der Waals surface area contributed by atoms with E-state index in [0.717, 1.165) is 5.69 Å². The third-order valence-corrected chi connectivity index (χ3v) is 3.34. The van der Waals surface area contributed by atoms with Gasteiger partial charge in [-0.05, 0) is 53.5 Å². The molecule has 0 amide bonds. The van der Waals surface area contributed by atoms with Crippen molar-refractivity contribution in [2.75, 3.05) is 5.32 Å². The fourth-order valence-electron chi connectivity index (χ4n) is 1.98. The van der Waals surface area contributed by atoms with Crippen molar-refractivity contribution in [1.82, 2.24) is 0 Å². The smallest absolute Gasteiger partial charge is 0.139 e. The molecule has 2 rings (SSSR count). The highest BCUT2D eigenvalue weighted by molar-refractivity contribution is 9.10. The molecule has 2 aromatic rings. The number of hydrogen-bond acceptors (Lipinski definition) is 1. The summed E-state index contributed by atoms with van der Waals surface area (Å²) in [6.45, 7) is 4.86. The second-order valence-electron chi connectivity index (χ2n) is 4.48. The summed E-state index contributed by atoms with van der Waals surface area (Å²) in [7, 11) is 0. The summed E-state index contributed by atoms with van der Waals surface area (Å²) >= 11 is 3.14. The molecule has 0 aliphatic carbocycles. The molecule has 1 N–H and O–H groups in total. The first-order valence-electron chi connectivity index (χ1n) is 5.81. The lowest BCUT2D eigenvalue weighted by molar-refractivity contribution is 0.621. The topological polar surface area (TPSA) is 12.0 Å². The van der Waals surface area contributed by atoms with Gasteiger partial charge in [0.1, 0.15) is 5.82 Å². The number of aryl methyl sites for hydroxylation is 2. The fraction of sp³-hybridized carbons (Fsp3) is 0.200. The van der Waals surface area contributed by atoms with Crippen molar-refractivity contribution in [3.05, 3.63) is 63.4 Å². The lowest BCUT2D eigenvalue weighted by Gasteiger charge is -2.09. The van der Waals surface area contributed by atoms with Gasteiger partial charge in [0, 0.05) is 12.2 Å². The van der Waals surface area contributed by atoms with Crippen LogP contribution >= 0.6 is 15.9 Å². The Morgan fingerprint density at radius 3 is 2.33 bits per heavy atom. The molecule has 3 heteroatoms. The largest absolute Gasteiger partial charge is 0.381 e. The number of halogens is 2. The highest BCUT2D eigenvalue weighted by Gasteiger charge is 2.01. The van der Waals surface area contributed by atoms with Gasteiger partial charge >= 0.3 is 0 Å². The lowest BCUT2D eigenvalue weighted by Crippen LogP contribution is -2.00. The molecule has 94 valence electrons. The van der Waals surface area contributed by atoms with E-state index in [9.17, 15) is 4.39 Å². The molecule has 0 aliphatic rings. The van der Waals surface area contributed by atoms with Crippen molar-refractivity contribution in [2.45, 2.75) is 20.4 Å². The second kappa shape index (κ2) is 5.53. The van der Waals surface area contributed by atoms with Crippen molar-refractivity contribution in [3.63, 3.8) is 0 Å². The lowest BCUT2D eigenvalue weighted by atomic mass is 10.1. The predicted octanol–water partition coefficient (Wildman–Crippen LogP) is 4.82. The zero-order valence-electron chi connectivity index (χ0n) is 10.4. The zero-order valence-corrected chi connectivity index (χ0v) is 12.0. The molecule has 0 radical (unpaired) electrons. The van der Waals surface area contributed by atoms with E-state index in [1.165, 1.54) is 22.8 Å². The standard InChI is InChI=1S/C15H15BrFN/c1-10-5-11(2)7-12(6-10)9-18-13-3-4-14(16)15(17)8-13/h3-8,18H,9H2,1-2H3. The quantitative estimate of drug-likeness (QED) is 0.857. The van der Waals surface area contributed by atoms with Crippen molar-refractivity contribution < 1.29 is 4.39 Å². The van der Waals surface area contributed by atoms with Crippen LogP contribution < -0.4 is 5.32 Å².